The van der Waals surface area contributed by atoms with Crippen LogP contribution in [-0.2, 0) is 11.2 Å². The predicted molar refractivity (Wildman–Crippen MR) is 129 cm³/mol. The number of carbonyl (C=O) groups is 2. The molecule has 0 radical (unpaired) electrons. The molecule has 5 rings (SSSR count). The number of fused-ring (bicyclic) bond motifs is 2. The molecule has 0 fully saturated rings. The molecule has 182 valence electrons. The van der Waals surface area contributed by atoms with E-state index in [9.17, 15) is 14.7 Å². The monoisotopic (exact) mass is 526 g/mol. The van der Waals surface area contributed by atoms with E-state index >= 15 is 0 Å². The number of aromatic nitrogens is 2. The number of carboxylic acids is 1. The molecule has 1 aromatic heterocycles. The summed E-state index contributed by atoms with van der Waals surface area (Å²) in [5.41, 5.74) is 2.14. The number of ketones is 1. The fraction of sp³-hybridized carbons (Fsp3) is 0.154. The van der Waals surface area contributed by atoms with Gasteiger partial charge in [0.05, 0.1) is 31.9 Å². The topological polar surface area (TPSA) is 120 Å². The molecule has 2 heterocycles. The number of hydrogen-bond donors (Lipinski definition) is 0. The van der Waals surface area contributed by atoms with E-state index in [1.165, 1.54) is 20.3 Å². The molecule has 9 nitrogen and oxygen atoms in total. The molecule has 0 aliphatic carbocycles. The van der Waals surface area contributed by atoms with E-state index in [-0.39, 0.29) is 59.5 Å². The number of carboxylic acid groups (broad SMARTS) is 1. The maximum absolute atomic E-state index is 13.9. The first kappa shape index (κ1) is 26.6. The van der Waals surface area contributed by atoms with Gasteiger partial charge in [0.2, 0.25) is 6.79 Å². The van der Waals surface area contributed by atoms with Crippen molar-refractivity contribution in [2.45, 2.75) is 6.42 Å². The van der Waals surface area contributed by atoms with Gasteiger partial charge in [-0.25, -0.2) is 0 Å². The SMILES string of the molecule is COc1ccc(C(=O)C(Cc2ccc3c(c2)OCO3)=C(C(=O)[O-])c2ccc3nsnc3c2)cc1OC.[Na+]. The van der Waals surface area contributed by atoms with E-state index in [1.807, 2.05) is 0 Å². The zero-order chi connectivity index (χ0) is 25.2. The number of rotatable bonds is 8. The van der Waals surface area contributed by atoms with Crippen LogP contribution in [0.25, 0.3) is 16.6 Å². The summed E-state index contributed by atoms with van der Waals surface area (Å²) in [6.45, 7) is 0.0953. The Bertz CT molecular complexity index is 1530. The molecule has 0 unspecified atom stereocenters. The molecule has 0 atom stereocenters. The van der Waals surface area contributed by atoms with Gasteiger partial charge in [-0.3, -0.25) is 4.79 Å². The summed E-state index contributed by atoms with van der Waals surface area (Å²) in [6.07, 6.45) is 0.000480. The number of aliphatic carboxylic acids is 1. The normalized spacial score (nSPS) is 12.5. The van der Waals surface area contributed by atoms with Crippen LogP contribution in [0.2, 0.25) is 0 Å². The fourth-order valence-electron chi connectivity index (χ4n) is 4.04. The standard InChI is InChI=1S/C26H20N2O7S.Na/c1-32-20-8-5-16(12-22(20)33-2)25(29)17(9-14-3-7-21-23(10-14)35-13-34-21)24(26(30)31)15-4-6-18-19(11-15)28-36-27-18;/h3-8,10-12H,9,13H2,1-2H3,(H,30,31);/q;+1/p-1. The summed E-state index contributed by atoms with van der Waals surface area (Å²) in [5.74, 6) is -0.0911. The van der Waals surface area contributed by atoms with Crippen LogP contribution in [0.1, 0.15) is 21.5 Å². The minimum Gasteiger partial charge on any atom is -0.545 e. The molecule has 1 aliphatic rings. The Morgan fingerprint density at radius 3 is 2.38 bits per heavy atom. The number of ether oxygens (including phenoxy) is 4. The maximum atomic E-state index is 13.9. The Morgan fingerprint density at radius 2 is 1.62 bits per heavy atom. The molecule has 0 amide bonds. The fourth-order valence-corrected chi connectivity index (χ4v) is 4.56. The number of methoxy groups -OCH3 is 2. The molecule has 0 saturated heterocycles. The molecule has 0 N–H and O–H groups in total. The van der Waals surface area contributed by atoms with Gasteiger partial charge in [-0.05, 0) is 53.6 Å². The molecule has 0 saturated carbocycles. The Labute approximate surface area is 238 Å². The van der Waals surface area contributed by atoms with Gasteiger partial charge in [0, 0.05) is 23.1 Å². The first-order valence-electron chi connectivity index (χ1n) is 10.8. The molecule has 1 aliphatic heterocycles. The van der Waals surface area contributed by atoms with Crippen LogP contribution in [0.15, 0.2) is 60.2 Å². The average molecular weight is 527 g/mol. The van der Waals surface area contributed by atoms with Crippen molar-refractivity contribution in [3.8, 4) is 23.0 Å². The van der Waals surface area contributed by atoms with Crippen molar-refractivity contribution in [3.05, 3.63) is 76.9 Å². The van der Waals surface area contributed by atoms with Gasteiger partial charge in [0.1, 0.15) is 11.0 Å². The molecule has 3 aromatic carbocycles. The van der Waals surface area contributed by atoms with Crippen LogP contribution < -0.4 is 53.6 Å². The third kappa shape index (κ3) is 5.33. The summed E-state index contributed by atoms with van der Waals surface area (Å²) in [6, 6.07) is 14.7. The van der Waals surface area contributed by atoms with Crippen LogP contribution in [0.5, 0.6) is 23.0 Å². The Morgan fingerprint density at radius 1 is 0.892 bits per heavy atom. The molecular formula is C26H19N2NaO7S. The zero-order valence-electron chi connectivity index (χ0n) is 20.3. The van der Waals surface area contributed by atoms with Crippen molar-refractivity contribution < 1.29 is 63.2 Å². The van der Waals surface area contributed by atoms with Crippen LogP contribution in [0.4, 0.5) is 0 Å². The Kier molecular flexibility index (Phi) is 8.13. The zero-order valence-corrected chi connectivity index (χ0v) is 23.1. The average Bonchev–Trinajstić information content (AvgIpc) is 3.56. The van der Waals surface area contributed by atoms with Crippen molar-refractivity contribution in [1.82, 2.24) is 8.75 Å². The van der Waals surface area contributed by atoms with E-state index < -0.39 is 11.8 Å². The smallest absolute Gasteiger partial charge is 0.545 e. The molecule has 11 heteroatoms. The van der Waals surface area contributed by atoms with E-state index in [0.29, 0.717) is 45.2 Å². The van der Waals surface area contributed by atoms with Gasteiger partial charge >= 0.3 is 29.6 Å². The second kappa shape index (κ2) is 11.3. The number of allylic oxidation sites excluding steroid dienone is 1. The van der Waals surface area contributed by atoms with Gasteiger partial charge < -0.3 is 28.8 Å². The predicted octanol–water partition coefficient (Wildman–Crippen LogP) is 0.0703. The number of carbonyl (C=O) groups excluding carboxylic acids is 2. The van der Waals surface area contributed by atoms with E-state index in [1.54, 1.807) is 48.5 Å². The number of Topliss-reactive ketones (excluding diaryl/α,β-unsaturated/α-hetero) is 1. The van der Waals surface area contributed by atoms with Crippen molar-refractivity contribution >= 4 is 40.1 Å². The quantitative estimate of drug-likeness (QED) is 0.178. The summed E-state index contributed by atoms with van der Waals surface area (Å²) in [5, 5.41) is 12.5. The number of nitrogens with zero attached hydrogens (tertiary/aromatic N) is 2. The van der Waals surface area contributed by atoms with Crippen molar-refractivity contribution in [2.75, 3.05) is 21.0 Å². The van der Waals surface area contributed by atoms with Crippen LogP contribution in [-0.4, -0.2) is 41.5 Å². The second-order valence-electron chi connectivity index (χ2n) is 7.87. The molecule has 0 spiro atoms. The third-order valence-corrected chi connectivity index (χ3v) is 6.34. The largest absolute Gasteiger partial charge is 1.00 e. The minimum absolute atomic E-state index is 0. The summed E-state index contributed by atoms with van der Waals surface area (Å²) in [7, 11) is 2.95. The summed E-state index contributed by atoms with van der Waals surface area (Å²) >= 11 is 1.02. The van der Waals surface area contributed by atoms with Gasteiger partial charge in [-0.15, -0.1) is 0 Å². The number of hydrogen-bond acceptors (Lipinski definition) is 10. The van der Waals surface area contributed by atoms with E-state index in [4.69, 9.17) is 18.9 Å². The van der Waals surface area contributed by atoms with Gasteiger partial charge in [0.25, 0.3) is 0 Å². The van der Waals surface area contributed by atoms with Gasteiger partial charge in [0.15, 0.2) is 28.8 Å². The van der Waals surface area contributed by atoms with Crippen LogP contribution in [0.3, 0.4) is 0 Å². The molecule has 37 heavy (non-hydrogen) atoms. The molecular weight excluding hydrogens is 507 g/mol. The van der Waals surface area contributed by atoms with Crippen molar-refractivity contribution in [3.63, 3.8) is 0 Å². The van der Waals surface area contributed by atoms with Gasteiger partial charge in [-0.2, -0.15) is 8.75 Å². The van der Waals surface area contributed by atoms with E-state index in [2.05, 4.69) is 8.75 Å². The van der Waals surface area contributed by atoms with Crippen molar-refractivity contribution in [2.24, 2.45) is 0 Å². The van der Waals surface area contributed by atoms with E-state index in [0.717, 1.165) is 11.7 Å². The second-order valence-corrected chi connectivity index (χ2v) is 8.40. The first-order valence-corrected chi connectivity index (χ1v) is 11.5. The number of benzene rings is 3. The molecule has 0 bridgehead atoms. The molecule has 4 aromatic rings. The van der Waals surface area contributed by atoms with Crippen LogP contribution >= 0.6 is 11.7 Å². The van der Waals surface area contributed by atoms with Crippen LogP contribution in [0, 0.1) is 0 Å². The Balaban J connectivity index is 0.00000320. The maximum Gasteiger partial charge on any atom is 1.00 e. The summed E-state index contributed by atoms with van der Waals surface area (Å²) < 4.78 is 29.8. The summed E-state index contributed by atoms with van der Waals surface area (Å²) in [4.78, 5) is 26.4. The van der Waals surface area contributed by atoms with Crippen molar-refractivity contribution in [1.29, 1.82) is 0 Å². The Hall–Kier alpha value is -3.44. The third-order valence-electron chi connectivity index (χ3n) is 5.79. The first-order chi connectivity index (χ1) is 17.5. The van der Waals surface area contributed by atoms with Gasteiger partial charge in [-0.1, -0.05) is 12.1 Å². The minimum atomic E-state index is -1.48.